The van der Waals surface area contributed by atoms with Gasteiger partial charge >= 0.3 is 0 Å². The number of aromatic amines is 2. The van der Waals surface area contributed by atoms with Gasteiger partial charge in [0, 0.05) is 106 Å². The number of piperidine rings is 2. The number of aliphatic hydroxyl groups excluding tert-OH is 2. The minimum absolute atomic E-state index is 0.0117. The van der Waals surface area contributed by atoms with Crippen molar-refractivity contribution in [1.29, 1.82) is 0 Å². The lowest BCUT2D eigenvalue weighted by atomic mass is 9.75. The molecule has 1 saturated carbocycles. The van der Waals surface area contributed by atoms with Crippen molar-refractivity contribution in [1.82, 2.24) is 69.5 Å². The van der Waals surface area contributed by atoms with Gasteiger partial charge in [0.25, 0.3) is 22.9 Å². The number of nitrogens with zero attached hydrogens (tertiary/aromatic N) is 12. The highest BCUT2D eigenvalue weighted by Gasteiger charge is 2.43. The summed E-state index contributed by atoms with van der Waals surface area (Å²) in [5, 5.41) is 56.3. The molecular formula is C112H152N18O10. The first-order chi connectivity index (χ1) is 66.5. The van der Waals surface area contributed by atoms with Crippen molar-refractivity contribution >= 4 is 79.2 Å². The second kappa shape index (κ2) is 41.4. The van der Waals surface area contributed by atoms with Gasteiger partial charge in [0.1, 0.15) is 0 Å². The molecule has 5 aliphatic carbocycles. The lowest BCUT2D eigenvalue weighted by molar-refractivity contribution is 0.0900. The number of benzene rings is 4. The Bertz CT molecular complexity index is 6520. The molecule has 0 bridgehead atoms. The third-order valence-corrected chi connectivity index (χ3v) is 30.6. The van der Waals surface area contributed by atoms with Gasteiger partial charge in [0.05, 0.1) is 136 Å². The zero-order valence-corrected chi connectivity index (χ0v) is 86.8. The molecule has 10 heterocycles. The quantitative estimate of drug-likeness (QED) is 0.0295. The third kappa shape index (κ3) is 21.7. The number of hydrogen-bond acceptors (Lipinski definition) is 20. The predicted molar refractivity (Wildman–Crippen MR) is 557 cm³/mol. The summed E-state index contributed by atoms with van der Waals surface area (Å²) in [5.41, 5.74) is 22.1. The van der Waals surface area contributed by atoms with Gasteiger partial charge in [-0.3, -0.25) is 38.4 Å². The summed E-state index contributed by atoms with van der Waals surface area (Å²) >= 11 is 0. The largest absolute Gasteiger partial charge is 0.393 e. The van der Waals surface area contributed by atoms with Gasteiger partial charge in [0.15, 0.2) is 23.1 Å². The van der Waals surface area contributed by atoms with E-state index in [1.165, 1.54) is 0 Å². The van der Waals surface area contributed by atoms with E-state index < -0.39 is 0 Å². The molecule has 28 heteroatoms. The fourth-order valence-corrected chi connectivity index (χ4v) is 23.6. The Morgan fingerprint density at radius 3 is 1.23 bits per heavy atom. The Morgan fingerprint density at radius 2 is 0.793 bits per heavy atom. The zero-order chi connectivity index (χ0) is 100. The number of amides is 2. The second-order valence-electron chi connectivity index (χ2n) is 45.1. The minimum Gasteiger partial charge on any atom is -0.393 e. The molecule has 750 valence electrons. The molecule has 3 fully saturated rings. The SMILES string of the molecule is CCCC1Cc2cc(-n3nc(C)c4c3CC(C)(C)CC4=O)cc(N3CCC(O)CC3)c2C(=O)N1.CCCC1Cc2cc(-n3nc(C)c4c3CC(C)(C)CC4=O)cc(NC3CCC(O)CC3)c2C(=O)N1.CCCc1cc2cc(-n3nc(C)c4c3CC(C)(C)CC4=O)cc(N(C)CCN(CC)CC)c2c(=O)[nH]1.CCCc1cc2cc(-n3nc(C)c4c3CC(C)(C)CC4=O)cc(NC3CCN(C)CC3)c2c(=O)[nH]1. The summed E-state index contributed by atoms with van der Waals surface area (Å²) in [7, 11) is 4.20. The van der Waals surface area contributed by atoms with Crippen LogP contribution in [-0.4, -0.2) is 207 Å². The molecule has 0 spiro atoms. The Balaban J connectivity index is 0.000000135. The van der Waals surface area contributed by atoms with Crippen LogP contribution in [-0.2, 0) is 51.4 Å². The van der Waals surface area contributed by atoms with E-state index >= 15 is 0 Å². The first-order valence-corrected chi connectivity index (χ1v) is 52.1. The maximum atomic E-state index is 13.3. The Kier molecular flexibility index (Phi) is 30.1. The number of carbonyl (C=O) groups is 6. The molecule has 4 aliphatic heterocycles. The van der Waals surface area contributed by atoms with E-state index in [2.05, 4.69) is 210 Å². The number of ketones is 4. The smallest absolute Gasteiger partial charge is 0.258 e. The molecular weight excluding hydrogens is 1760 g/mol. The Morgan fingerprint density at radius 1 is 0.414 bits per heavy atom. The van der Waals surface area contributed by atoms with Crippen LogP contribution in [0.3, 0.4) is 0 Å². The van der Waals surface area contributed by atoms with Crippen LogP contribution in [0.4, 0.5) is 22.7 Å². The van der Waals surface area contributed by atoms with E-state index in [1.54, 1.807) is 0 Å². The standard InChI is InChI=1S/C29H41N5O2.C28H37N5O2.C28H38N4O3.C27H36N4O3/c1-8-11-21-14-20-15-22(34-24-17-29(5,6)18-25(35)26(24)19(4)31-34)16-23(27(20)28(36)30-21)32(7)12-13-33(9-2)10-3;1-6-7-20-12-18-13-21(33-23-15-28(3,4)16-24(34)25(23)17(2)31-33)14-22(26(18)27(35)30-20)29-19-8-10-32(5)11-9-19;1-5-6-19-11-17-12-20(32-23-14-28(3,4)15-24(34)25(23)16(2)31-32)13-22(26(17)27(35)30-19)29-18-7-9-21(33)10-8-18;1-5-6-18-11-17-12-19(31-22-14-27(3,4)15-23(33)24(22)16(2)29-31)13-21(25(17)26(34)28-18)30-9-7-20(32)8-10-30/h14-16H,8-13,17-18H2,1-7H3,(H,30,36);12-14,19,29H,6-11,15-16H2,1-5H3,(H,30,35);12-13,18-19,21,29,33H,5-11,14-15H2,1-4H3,(H,30,35);12-13,18,20,32H,5-11,14-15H2,1-4H3,(H,28,34). The Labute approximate surface area is 825 Å². The molecule has 2 atom stereocenters. The van der Waals surface area contributed by atoms with Gasteiger partial charge in [-0.05, 0) is 281 Å². The van der Waals surface area contributed by atoms with Crippen LogP contribution in [0.1, 0.15) is 343 Å². The van der Waals surface area contributed by atoms with E-state index in [4.69, 9.17) is 20.4 Å². The first-order valence-electron chi connectivity index (χ1n) is 52.1. The summed E-state index contributed by atoms with van der Waals surface area (Å²) in [6, 6.07) is 21.5. The van der Waals surface area contributed by atoms with E-state index in [-0.39, 0.29) is 98.1 Å². The second-order valence-corrected chi connectivity index (χ2v) is 45.1. The summed E-state index contributed by atoms with van der Waals surface area (Å²) in [5.74, 6) is 0.642. The number of fused-ring (bicyclic) bond motifs is 8. The number of likely N-dealkylation sites (tertiary alicyclic amines) is 1. The number of aromatic nitrogens is 10. The van der Waals surface area contributed by atoms with Crippen LogP contribution in [0.2, 0.25) is 0 Å². The van der Waals surface area contributed by atoms with Gasteiger partial charge in [-0.2, -0.15) is 20.4 Å². The predicted octanol–water partition coefficient (Wildman–Crippen LogP) is 17.8. The number of likely N-dealkylation sites (N-methyl/N-ethyl adjacent to an activating group) is 2. The molecule has 2 saturated heterocycles. The fourth-order valence-electron chi connectivity index (χ4n) is 23.6. The number of H-pyrrole nitrogens is 2. The molecule has 9 aliphatic rings. The van der Waals surface area contributed by atoms with Crippen molar-refractivity contribution in [3.63, 3.8) is 0 Å². The summed E-state index contributed by atoms with van der Waals surface area (Å²) < 4.78 is 7.79. The summed E-state index contributed by atoms with van der Waals surface area (Å²) in [6.45, 7) is 44.9. The van der Waals surface area contributed by atoms with Gasteiger partial charge < -0.3 is 61.0 Å². The van der Waals surface area contributed by atoms with E-state index in [0.717, 1.165) is 325 Å². The monoisotopic (exact) mass is 1910 g/mol. The molecule has 4 aromatic carbocycles. The maximum Gasteiger partial charge on any atom is 0.258 e. The average molecular weight is 1910 g/mol. The van der Waals surface area contributed by atoms with E-state index in [9.17, 15) is 48.6 Å². The highest BCUT2D eigenvalue weighted by molar-refractivity contribution is 6.06. The van der Waals surface area contributed by atoms with Crippen molar-refractivity contribution < 1.29 is 39.0 Å². The fraction of sp³-hybridized carbons (Fsp3) is 0.571. The number of Topliss-reactive ketones (excluding diaryl/α,β-unsaturated/α-hetero) is 4. The number of nitrogens with one attached hydrogen (secondary N) is 6. The van der Waals surface area contributed by atoms with Crippen LogP contribution < -0.4 is 42.2 Å². The molecule has 0 radical (unpaired) electrons. The molecule has 2 unspecified atom stereocenters. The molecule has 19 rings (SSSR count). The average Bonchev–Trinajstić information content (AvgIpc) is 1.56. The number of carbonyl (C=O) groups excluding carboxylic acids is 6. The van der Waals surface area contributed by atoms with Gasteiger partial charge in [0.2, 0.25) is 0 Å². The molecule has 140 heavy (non-hydrogen) atoms. The third-order valence-electron chi connectivity index (χ3n) is 30.6. The topological polar surface area (TPSA) is 341 Å². The van der Waals surface area contributed by atoms with Crippen LogP contribution in [0.5, 0.6) is 0 Å². The number of aryl methyl sites for hydroxylation is 6. The summed E-state index contributed by atoms with van der Waals surface area (Å²) in [6.07, 6.45) is 20.6. The van der Waals surface area contributed by atoms with Crippen molar-refractivity contribution in [2.75, 3.05) is 86.9 Å². The number of hydrogen-bond donors (Lipinski definition) is 8. The zero-order valence-electron chi connectivity index (χ0n) is 86.8. The lowest BCUT2D eigenvalue weighted by Gasteiger charge is -2.36. The van der Waals surface area contributed by atoms with Crippen LogP contribution in [0.25, 0.3) is 44.3 Å². The molecule has 10 aromatic rings. The number of aliphatic hydroxyl groups is 2. The van der Waals surface area contributed by atoms with Gasteiger partial charge in [-0.25, -0.2) is 18.7 Å². The van der Waals surface area contributed by atoms with Crippen LogP contribution >= 0.6 is 0 Å². The first kappa shape index (κ1) is 102. The molecule has 28 nitrogen and oxygen atoms in total. The van der Waals surface area contributed by atoms with Crippen molar-refractivity contribution in [2.45, 2.75) is 328 Å². The van der Waals surface area contributed by atoms with E-state index in [0.29, 0.717) is 68.4 Å². The van der Waals surface area contributed by atoms with Crippen molar-refractivity contribution in [2.24, 2.45) is 21.7 Å². The molecule has 6 aromatic heterocycles. The number of rotatable bonds is 23. The van der Waals surface area contributed by atoms with Crippen molar-refractivity contribution in [3.8, 4) is 22.7 Å². The minimum atomic E-state index is -0.285. The summed E-state index contributed by atoms with van der Waals surface area (Å²) in [4.78, 5) is 120. The van der Waals surface area contributed by atoms with Crippen LogP contribution in [0, 0.1) is 49.4 Å². The number of pyridine rings is 2. The molecule has 8 N–H and O–H groups in total. The lowest BCUT2D eigenvalue weighted by Crippen LogP contribution is -2.43. The normalized spacial score (nSPS) is 20.4. The number of anilines is 4. The van der Waals surface area contributed by atoms with Crippen LogP contribution in [0.15, 0.2) is 70.3 Å². The maximum absolute atomic E-state index is 13.3. The highest BCUT2D eigenvalue weighted by Crippen LogP contribution is 2.46. The molecule has 2 amide bonds. The Hall–Kier alpha value is -11.2. The van der Waals surface area contributed by atoms with Gasteiger partial charge in [-0.15, -0.1) is 0 Å². The van der Waals surface area contributed by atoms with Gasteiger partial charge in [-0.1, -0.05) is 123 Å². The van der Waals surface area contributed by atoms with E-state index in [1.807, 2.05) is 58.6 Å². The van der Waals surface area contributed by atoms with Crippen molar-refractivity contribution in [3.05, 3.63) is 183 Å². The highest BCUT2D eigenvalue weighted by atomic mass is 16.3.